The van der Waals surface area contributed by atoms with E-state index < -0.39 is 80.2 Å². The van der Waals surface area contributed by atoms with Crippen molar-refractivity contribution in [2.75, 3.05) is 13.2 Å². The average Bonchev–Trinajstić information content (AvgIpc) is 4.02. The van der Waals surface area contributed by atoms with Crippen LogP contribution in [0.2, 0.25) is 0 Å². The van der Waals surface area contributed by atoms with Gasteiger partial charge in [0.05, 0.1) is 24.9 Å². The number of alkyl carbamates (subject to hydrolysis) is 1. The molecule has 1 aromatic rings. The summed E-state index contributed by atoms with van der Waals surface area (Å²) in [6, 6.07) is 3.65. The lowest BCUT2D eigenvalue weighted by Gasteiger charge is -2.42. The summed E-state index contributed by atoms with van der Waals surface area (Å²) in [4.78, 5) is 72.4. The third-order valence-electron chi connectivity index (χ3n) is 11.9. The number of ether oxygens (including phenoxy) is 2. The third-order valence-corrected chi connectivity index (χ3v) is 13.7. The lowest BCUT2D eigenvalue weighted by molar-refractivity contribution is -0.143. The maximum absolute atomic E-state index is 14.8. The maximum atomic E-state index is 14.8. The number of allylic oxidation sites excluding steroid dienone is 1. The number of carbonyl (C=O) groups is 5. The molecule has 5 atom stereocenters. The molecule has 6 aliphatic rings. The molecule has 4 fully saturated rings. The van der Waals surface area contributed by atoms with Crippen molar-refractivity contribution in [3.8, 4) is 0 Å². The molecular formula is C38H49N5O9S. The molecule has 0 radical (unpaired) electrons. The first kappa shape index (κ1) is 36.9. The first-order chi connectivity index (χ1) is 25.3. The Kier molecular flexibility index (Phi) is 10.1. The second-order valence-corrected chi connectivity index (χ2v) is 17.7. The van der Waals surface area contributed by atoms with Crippen LogP contribution in [0, 0.1) is 11.3 Å². The normalized spacial score (nSPS) is 30.8. The quantitative estimate of drug-likeness (QED) is 0.351. The van der Waals surface area contributed by atoms with Crippen LogP contribution in [0.25, 0.3) is 6.08 Å². The molecule has 5 amide bonds. The van der Waals surface area contributed by atoms with Gasteiger partial charge in [-0.05, 0) is 67.1 Å². The summed E-state index contributed by atoms with van der Waals surface area (Å²) in [5, 5.41) is 4.98. The first-order valence-corrected chi connectivity index (χ1v) is 20.4. The number of hydrogen-bond donors (Lipinski definition) is 3. The summed E-state index contributed by atoms with van der Waals surface area (Å²) in [5.41, 5.74) is 0.766. The van der Waals surface area contributed by atoms with Gasteiger partial charge in [-0.2, -0.15) is 0 Å². The monoisotopic (exact) mass is 751 g/mol. The Bertz CT molecular complexity index is 1820. The predicted molar refractivity (Wildman–Crippen MR) is 193 cm³/mol. The smallest absolute Gasteiger partial charge is 0.410 e. The van der Waals surface area contributed by atoms with Crippen LogP contribution in [0.15, 0.2) is 36.9 Å². The molecule has 3 aliphatic heterocycles. The average molecular weight is 752 g/mol. The van der Waals surface area contributed by atoms with Crippen molar-refractivity contribution >= 4 is 46.0 Å². The molecule has 4 bridgehead atoms. The summed E-state index contributed by atoms with van der Waals surface area (Å²) in [5.74, 6) is -2.60. The van der Waals surface area contributed by atoms with E-state index in [0.717, 1.165) is 36.0 Å². The van der Waals surface area contributed by atoms with E-state index in [1.807, 2.05) is 37.3 Å². The minimum Gasteiger partial charge on any atom is -0.450 e. The number of carbonyl (C=O) groups excluding carboxylic acids is 5. The van der Waals surface area contributed by atoms with Gasteiger partial charge in [0, 0.05) is 18.9 Å². The van der Waals surface area contributed by atoms with E-state index in [4.69, 9.17) is 9.47 Å². The highest BCUT2D eigenvalue weighted by Crippen LogP contribution is 2.46. The molecule has 286 valence electrons. The van der Waals surface area contributed by atoms with Gasteiger partial charge in [0.25, 0.3) is 5.91 Å². The van der Waals surface area contributed by atoms with E-state index in [0.29, 0.717) is 51.6 Å². The second kappa shape index (κ2) is 14.4. The zero-order valence-electron chi connectivity index (χ0n) is 30.1. The van der Waals surface area contributed by atoms with E-state index in [1.165, 1.54) is 11.0 Å². The van der Waals surface area contributed by atoms with Gasteiger partial charge in [0.2, 0.25) is 21.8 Å². The molecule has 1 unspecified atom stereocenters. The Morgan fingerprint density at radius 3 is 2.57 bits per heavy atom. The number of rotatable bonds is 7. The van der Waals surface area contributed by atoms with Gasteiger partial charge in [0.15, 0.2) is 0 Å². The van der Waals surface area contributed by atoms with E-state index in [-0.39, 0.29) is 26.0 Å². The molecule has 1 aromatic carbocycles. The van der Waals surface area contributed by atoms with Gasteiger partial charge in [0.1, 0.15) is 23.7 Å². The fourth-order valence-corrected chi connectivity index (χ4v) is 9.79. The zero-order valence-corrected chi connectivity index (χ0v) is 31.0. The van der Waals surface area contributed by atoms with Crippen LogP contribution < -0.4 is 15.4 Å². The minimum absolute atomic E-state index is 0.0667. The first-order valence-electron chi connectivity index (χ1n) is 18.8. The van der Waals surface area contributed by atoms with Crippen molar-refractivity contribution in [1.29, 1.82) is 0 Å². The number of fused-ring (bicyclic) bond motifs is 3. The highest BCUT2D eigenvalue weighted by Gasteiger charge is 2.62. The van der Waals surface area contributed by atoms with Crippen molar-refractivity contribution in [1.82, 2.24) is 25.2 Å². The molecule has 1 saturated heterocycles. The topological polar surface area (TPSA) is 181 Å². The molecule has 15 heteroatoms. The van der Waals surface area contributed by atoms with Crippen LogP contribution in [0.3, 0.4) is 0 Å². The molecule has 14 nitrogen and oxygen atoms in total. The molecule has 7 rings (SSSR count). The van der Waals surface area contributed by atoms with E-state index in [1.54, 1.807) is 4.90 Å². The molecular weight excluding hydrogens is 703 g/mol. The fourth-order valence-electron chi connectivity index (χ4n) is 8.43. The fraction of sp³-hybridized carbons (Fsp3) is 0.605. The number of hydrogen-bond acceptors (Lipinski definition) is 9. The number of nitrogens with one attached hydrogen (secondary N) is 3. The van der Waals surface area contributed by atoms with Gasteiger partial charge in [-0.1, -0.05) is 62.6 Å². The predicted octanol–water partition coefficient (Wildman–Crippen LogP) is 3.65. The summed E-state index contributed by atoms with van der Waals surface area (Å²) < 4.78 is 39.1. The van der Waals surface area contributed by atoms with Gasteiger partial charge in [-0.25, -0.2) is 18.0 Å². The number of sulfonamides is 1. The standard InChI is InChI=1S/C38H49N5O9S/c1-3-26-20-38(26,34(46)41-53(49,50)28-14-15-28)40-32(44)30-19-27-22-43(30)33(45)31(37(2)16-7-5-8-17-37)39-35(47)51-18-9-4-6-11-24-12-10-13-25-21-42(23-29(24)25)36(48)52-27/h3,6,10-13,26-28,30-31H,1,4-5,7-9,14-23H2,2H3,(H,39,47)(H,40,44)(H,41,46)/b11-6+/t26?,27-,30+,31-,38-/m1/s1. The summed E-state index contributed by atoms with van der Waals surface area (Å²) in [6.07, 6.45) is 9.53. The molecule has 53 heavy (non-hydrogen) atoms. The second-order valence-electron chi connectivity index (χ2n) is 15.7. The highest BCUT2D eigenvalue weighted by molar-refractivity contribution is 7.91. The summed E-state index contributed by atoms with van der Waals surface area (Å²) >= 11 is 0. The molecule has 0 aromatic heterocycles. The van der Waals surface area contributed by atoms with E-state index in [2.05, 4.69) is 21.9 Å². The van der Waals surface area contributed by atoms with Crippen LogP contribution in [0.1, 0.15) is 94.2 Å². The van der Waals surface area contributed by atoms with Gasteiger partial charge >= 0.3 is 12.2 Å². The number of amides is 5. The Hall–Kier alpha value is -4.40. The van der Waals surface area contributed by atoms with Crippen molar-refractivity contribution in [2.45, 2.75) is 120 Å². The minimum atomic E-state index is -3.91. The molecule has 0 spiro atoms. The van der Waals surface area contributed by atoms with E-state index in [9.17, 15) is 32.4 Å². The van der Waals surface area contributed by atoms with Gasteiger partial charge in [-0.15, -0.1) is 6.58 Å². The lowest BCUT2D eigenvalue weighted by Crippen LogP contribution is -2.61. The molecule has 3 saturated carbocycles. The van der Waals surface area contributed by atoms with Crippen LogP contribution >= 0.6 is 0 Å². The molecule has 3 heterocycles. The zero-order chi connectivity index (χ0) is 37.5. The number of cyclic esters (lactones) is 1. The third kappa shape index (κ3) is 7.54. The summed E-state index contributed by atoms with van der Waals surface area (Å²) in [6.45, 7) is 6.42. The van der Waals surface area contributed by atoms with Crippen molar-refractivity contribution in [3.05, 3.63) is 53.6 Å². The van der Waals surface area contributed by atoms with Gasteiger partial charge in [-0.3, -0.25) is 24.0 Å². The molecule has 3 N–H and O–H groups in total. The lowest BCUT2D eigenvalue weighted by atomic mass is 9.70. The Balaban J connectivity index is 1.18. The largest absolute Gasteiger partial charge is 0.450 e. The number of nitrogens with zero attached hydrogens (tertiary/aromatic N) is 2. The van der Waals surface area contributed by atoms with Crippen molar-refractivity contribution in [3.63, 3.8) is 0 Å². The Morgan fingerprint density at radius 2 is 1.85 bits per heavy atom. The van der Waals surface area contributed by atoms with Gasteiger partial charge < -0.3 is 25.0 Å². The van der Waals surface area contributed by atoms with E-state index >= 15 is 0 Å². The van der Waals surface area contributed by atoms with Crippen LogP contribution in [-0.2, 0) is 47.0 Å². The Morgan fingerprint density at radius 1 is 1.08 bits per heavy atom. The van der Waals surface area contributed by atoms with Crippen molar-refractivity contribution < 1.29 is 41.9 Å². The maximum Gasteiger partial charge on any atom is 0.410 e. The molecule has 3 aliphatic carbocycles. The Labute approximate surface area is 310 Å². The van der Waals surface area contributed by atoms with Crippen LogP contribution in [-0.4, -0.2) is 90.3 Å². The van der Waals surface area contributed by atoms with Crippen LogP contribution in [0.5, 0.6) is 0 Å². The van der Waals surface area contributed by atoms with Crippen molar-refractivity contribution in [2.24, 2.45) is 11.3 Å². The summed E-state index contributed by atoms with van der Waals surface area (Å²) in [7, 11) is -3.91. The number of benzene rings is 1. The van der Waals surface area contributed by atoms with Crippen LogP contribution in [0.4, 0.5) is 9.59 Å². The SMILES string of the molecule is C=CC1C[C@]1(NC(=O)[C@@H]1C[C@@H]2CN1C(=O)[C@H](C1(C)CCCCC1)NC(=O)OCCC/C=C/c1cccc3c1CN(C3)C(=O)O2)C(=O)NS(=O)(=O)C1CC1. The highest BCUT2D eigenvalue weighted by atomic mass is 32.2.